The minimum absolute atomic E-state index is 0.331. The van der Waals surface area contributed by atoms with Crippen molar-refractivity contribution < 1.29 is 13.5 Å². The van der Waals surface area contributed by atoms with Crippen LogP contribution in [0.2, 0.25) is 5.02 Å². The van der Waals surface area contributed by atoms with E-state index < -0.39 is 13.0 Å². The van der Waals surface area contributed by atoms with Gasteiger partial charge in [0.15, 0.2) is 0 Å². The first kappa shape index (κ1) is 14.7. The molecule has 1 N–H and O–H groups in total. The maximum Gasteiger partial charge on any atom is 0.261 e. The summed E-state index contributed by atoms with van der Waals surface area (Å²) in [7, 11) is 0. The fourth-order valence-electron chi connectivity index (χ4n) is 2.35. The summed E-state index contributed by atoms with van der Waals surface area (Å²) < 4.78 is 28.4. The highest BCUT2D eigenvalue weighted by Crippen LogP contribution is 2.39. The van der Waals surface area contributed by atoms with Crippen molar-refractivity contribution in [1.29, 1.82) is 0 Å². The Morgan fingerprint density at radius 1 is 1.32 bits per heavy atom. The molecule has 0 unspecified atom stereocenters. The quantitative estimate of drug-likeness (QED) is 0.776. The highest BCUT2D eigenvalue weighted by atomic mass is 35.5. The van der Waals surface area contributed by atoms with Crippen molar-refractivity contribution in [1.82, 2.24) is 5.32 Å². The topological polar surface area (TPSA) is 21.3 Å². The number of ether oxygens (including phenoxy) is 1. The number of rotatable bonds is 7. The lowest BCUT2D eigenvalue weighted by Gasteiger charge is -2.36. The Labute approximate surface area is 117 Å². The Balaban J connectivity index is 1.60. The van der Waals surface area contributed by atoms with E-state index in [2.05, 4.69) is 11.4 Å². The lowest BCUT2D eigenvalue weighted by molar-refractivity contribution is 0.0174. The van der Waals surface area contributed by atoms with Crippen LogP contribution in [0, 0.1) is 0 Å². The van der Waals surface area contributed by atoms with E-state index in [9.17, 15) is 8.78 Å². The van der Waals surface area contributed by atoms with Crippen LogP contribution in [0.1, 0.15) is 24.3 Å². The van der Waals surface area contributed by atoms with Gasteiger partial charge in [-0.25, -0.2) is 8.78 Å². The zero-order chi connectivity index (χ0) is 13.7. The Morgan fingerprint density at radius 3 is 2.74 bits per heavy atom. The highest BCUT2D eigenvalue weighted by molar-refractivity contribution is 6.31. The fraction of sp³-hybridized carbons (Fsp3) is 0.571. The molecule has 1 aliphatic rings. The Morgan fingerprint density at radius 2 is 2.05 bits per heavy atom. The third kappa shape index (κ3) is 4.41. The van der Waals surface area contributed by atoms with Crippen molar-refractivity contribution in [2.75, 3.05) is 19.8 Å². The molecule has 0 aliphatic heterocycles. The molecule has 0 atom stereocenters. The van der Waals surface area contributed by atoms with Crippen LogP contribution >= 0.6 is 11.6 Å². The average molecular weight is 290 g/mol. The molecule has 106 valence electrons. The van der Waals surface area contributed by atoms with Crippen LogP contribution in [0.25, 0.3) is 0 Å². The van der Waals surface area contributed by atoms with Crippen LogP contribution in [-0.4, -0.2) is 32.2 Å². The van der Waals surface area contributed by atoms with Gasteiger partial charge in [0.25, 0.3) is 6.43 Å². The molecule has 1 aliphatic carbocycles. The summed E-state index contributed by atoms with van der Waals surface area (Å²) in [5.74, 6) is 0.508. The summed E-state index contributed by atoms with van der Waals surface area (Å²) in [6, 6.07) is 8.35. The molecular weight excluding hydrogens is 272 g/mol. The van der Waals surface area contributed by atoms with Crippen LogP contribution in [0.3, 0.4) is 0 Å². The Bertz CT molecular complexity index is 397. The number of nitrogens with one attached hydrogen (secondary N) is 1. The molecule has 0 radical (unpaired) electrons. The second kappa shape index (κ2) is 7.17. The van der Waals surface area contributed by atoms with Gasteiger partial charge in [-0.2, -0.15) is 0 Å². The van der Waals surface area contributed by atoms with E-state index in [1.807, 2.05) is 18.2 Å². The minimum Gasteiger partial charge on any atom is -0.374 e. The lowest BCUT2D eigenvalue weighted by atomic mass is 9.76. The molecule has 0 spiro atoms. The first-order chi connectivity index (χ1) is 9.16. The summed E-state index contributed by atoms with van der Waals surface area (Å²) >= 11 is 6.14. The van der Waals surface area contributed by atoms with Gasteiger partial charge in [-0.3, -0.25) is 0 Å². The van der Waals surface area contributed by atoms with Gasteiger partial charge < -0.3 is 10.1 Å². The summed E-state index contributed by atoms with van der Waals surface area (Å²) in [6.45, 7) is 0.471. The van der Waals surface area contributed by atoms with Crippen LogP contribution in [0.4, 0.5) is 8.78 Å². The molecule has 2 nitrogen and oxygen atoms in total. The van der Waals surface area contributed by atoms with E-state index in [0.717, 1.165) is 17.9 Å². The van der Waals surface area contributed by atoms with Crippen LogP contribution in [0.5, 0.6) is 0 Å². The van der Waals surface area contributed by atoms with Gasteiger partial charge in [0, 0.05) is 17.6 Å². The van der Waals surface area contributed by atoms with Crippen molar-refractivity contribution >= 4 is 11.6 Å². The van der Waals surface area contributed by atoms with Gasteiger partial charge in [0.2, 0.25) is 0 Å². The lowest BCUT2D eigenvalue weighted by Crippen LogP contribution is -2.41. The van der Waals surface area contributed by atoms with Gasteiger partial charge in [-0.1, -0.05) is 29.8 Å². The van der Waals surface area contributed by atoms with Crippen LogP contribution < -0.4 is 5.32 Å². The van der Waals surface area contributed by atoms with Crippen molar-refractivity contribution in [3.8, 4) is 0 Å². The first-order valence-corrected chi connectivity index (χ1v) is 6.88. The Kier molecular flexibility index (Phi) is 5.55. The zero-order valence-electron chi connectivity index (χ0n) is 10.6. The van der Waals surface area contributed by atoms with Crippen LogP contribution in [0.15, 0.2) is 24.3 Å². The summed E-state index contributed by atoms with van der Waals surface area (Å²) in [5.41, 5.74) is 1.20. The maximum absolute atomic E-state index is 11.8. The number of benzene rings is 1. The van der Waals surface area contributed by atoms with E-state index >= 15 is 0 Å². The molecule has 1 saturated carbocycles. The number of halogens is 3. The van der Waals surface area contributed by atoms with Gasteiger partial charge in [-0.15, -0.1) is 0 Å². The van der Waals surface area contributed by atoms with Gasteiger partial charge in [0.1, 0.15) is 6.61 Å². The molecule has 2 rings (SSSR count). The van der Waals surface area contributed by atoms with Crippen molar-refractivity contribution in [2.45, 2.75) is 31.2 Å². The summed E-state index contributed by atoms with van der Waals surface area (Å²) in [6.07, 6.45) is -0.301. The normalized spacial score (nSPS) is 22.5. The number of hydrogen-bond acceptors (Lipinski definition) is 2. The second-order valence-corrected chi connectivity index (χ2v) is 5.21. The molecule has 19 heavy (non-hydrogen) atoms. The molecule has 1 aromatic rings. The third-order valence-electron chi connectivity index (χ3n) is 3.41. The molecule has 0 saturated heterocycles. The monoisotopic (exact) mass is 289 g/mol. The molecular formula is C14H18ClF2NO. The second-order valence-electron chi connectivity index (χ2n) is 4.81. The highest BCUT2D eigenvalue weighted by Gasteiger charge is 2.30. The summed E-state index contributed by atoms with van der Waals surface area (Å²) in [5, 5.41) is 4.12. The maximum atomic E-state index is 11.8. The van der Waals surface area contributed by atoms with Gasteiger partial charge >= 0.3 is 0 Å². The molecule has 0 amide bonds. The SMILES string of the molecule is FC(F)COCCNC1CC(c2ccccc2Cl)C1. The van der Waals surface area contributed by atoms with Crippen molar-refractivity contribution in [3.05, 3.63) is 34.9 Å². The largest absolute Gasteiger partial charge is 0.374 e. The molecule has 0 aromatic heterocycles. The number of alkyl halides is 2. The van der Waals surface area contributed by atoms with E-state index in [1.165, 1.54) is 5.56 Å². The van der Waals surface area contributed by atoms with Gasteiger partial charge in [0.05, 0.1) is 6.61 Å². The van der Waals surface area contributed by atoms with E-state index in [4.69, 9.17) is 16.3 Å². The van der Waals surface area contributed by atoms with Crippen LogP contribution in [-0.2, 0) is 4.74 Å². The number of hydrogen-bond donors (Lipinski definition) is 1. The Hall–Kier alpha value is -0.710. The molecule has 5 heteroatoms. The molecule has 1 aromatic carbocycles. The van der Waals surface area contributed by atoms with Gasteiger partial charge in [-0.05, 0) is 30.4 Å². The fourth-order valence-corrected chi connectivity index (χ4v) is 2.64. The zero-order valence-corrected chi connectivity index (χ0v) is 11.4. The predicted molar refractivity (Wildman–Crippen MR) is 72.0 cm³/mol. The molecule has 1 fully saturated rings. The molecule has 0 bridgehead atoms. The first-order valence-electron chi connectivity index (χ1n) is 6.50. The van der Waals surface area contributed by atoms with E-state index in [0.29, 0.717) is 25.1 Å². The van der Waals surface area contributed by atoms with Crippen molar-refractivity contribution in [3.63, 3.8) is 0 Å². The smallest absolute Gasteiger partial charge is 0.261 e. The minimum atomic E-state index is -2.38. The van der Waals surface area contributed by atoms with Crippen molar-refractivity contribution in [2.24, 2.45) is 0 Å². The standard InChI is InChI=1S/C14H18ClF2NO/c15-13-4-2-1-3-12(13)10-7-11(8-10)18-5-6-19-9-14(16)17/h1-4,10-11,14,18H,5-9H2. The molecule has 0 heterocycles. The van der Waals surface area contributed by atoms with E-state index in [-0.39, 0.29) is 0 Å². The average Bonchev–Trinajstić information content (AvgIpc) is 2.32. The predicted octanol–water partition coefficient (Wildman–Crippen LogP) is 3.46. The summed E-state index contributed by atoms with van der Waals surface area (Å²) in [4.78, 5) is 0. The third-order valence-corrected chi connectivity index (χ3v) is 3.75. The van der Waals surface area contributed by atoms with E-state index in [1.54, 1.807) is 0 Å².